The Morgan fingerprint density at radius 2 is 2.10 bits per heavy atom. The van der Waals surface area contributed by atoms with Gasteiger partial charge in [-0.15, -0.1) is 0 Å². The van der Waals surface area contributed by atoms with Crippen LogP contribution >= 0.6 is 0 Å². The third-order valence-electron chi connectivity index (χ3n) is 4.68. The smallest absolute Gasteiger partial charge is 0.0659 e. The number of nitrogens with zero attached hydrogens (tertiary/aromatic N) is 1. The predicted octanol–water partition coefficient (Wildman–Crippen LogP) is 3.11. The topological polar surface area (TPSA) is 56.0 Å². The van der Waals surface area contributed by atoms with Gasteiger partial charge in [0.1, 0.15) is 0 Å². The van der Waals surface area contributed by atoms with Crippen LogP contribution in [0.5, 0.6) is 0 Å². The molecule has 114 valence electrons. The molecule has 1 aliphatic carbocycles. The Morgan fingerprint density at radius 1 is 1.45 bits per heavy atom. The molecule has 2 N–H and O–H groups in total. The normalized spacial score (nSPS) is 33.2. The lowest BCUT2D eigenvalue weighted by atomic mass is 9.70. The van der Waals surface area contributed by atoms with Crippen LogP contribution in [0.1, 0.15) is 47.0 Å². The van der Waals surface area contributed by atoms with Gasteiger partial charge in [0.2, 0.25) is 0 Å². The van der Waals surface area contributed by atoms with Crippen LogP contribution in [0.25, 0.3) is 0 Å². The predicted molar refractivity (Wildman–Crippen MR) is 83.1 cm³/mol. The van der Waals surface area contributed by atoms with Gasteiger partial charge in [0.05, 0.1) is 18.1 Å². The maximum Gasteiger partial charge on any atom is 0.0659 e. The number of aliphatic hydroxyl groups excluding tert-OH is 1. The molecule has 0 heterocycles. The van der Waals surface area contributed by atoms with Crippen LogP contribution in [0, 0.1) is 35.0 Å². The van der Waals surface area contributed by atoms with E-state index in [1.165, 1.54) is 5.57 Å². The quantitative estimate of drug-likeness (QED) is 0.734. The highest BCUT2D eigenvalue weighted by molar-refractivity contribution is 5.06. The Hall–Kier alpha value is -0.850. The third-order valence-corrected chi connectivity index (χ3v) is 4.68. The van der Waals surface area contributed by atoms with Crippen LogP contribution < -0.4 is 5.32 Å². The molecule has 0 amide bonds. The standard InChI is InChI=1S/C17H30N2O/c1-11(2)15-7-16(9-18)14(5)17(8-15)19-10-12(3)6-13(4)20/h12-17,19-20H,1,6-8,10H2,2-5H3/t12?,13?,14?,15-,16?,17?/m1/s1. The number of nitriles is 1. The molecule has 0 aromatic rings. The Bertz CT molecular complexity index is 358. The van der Waals surface area contributed by atoms with Gasteiger partial charge in [-0.25, -0.2) is 0 Å². The first-order chi connectivity index (χ1) is 9.35. The molecular formula is C17H30N2O. The molecule has 1 saturated carbocycles. The van der Waals surface area contributed by atoms with Crippen molar-refractivity contribution in [3.05, 3.63) is 12.2 Å². The molecule has 0 radical (unpaired) electrons. The summed E-state index contributed by atoms with van der Waals surface area (Å²) in [4.78, 5) is 0. The summed E-state index contributed by atoms with van der Waals surface area (Å²) in [6.45, 7) is 13.2. The summed E-state index contributed by atoms with van der Waals surface area (Å²) in [5.41, 5.74) is 1.20. The van der Waals surface area contributed by atoms with Crippen LogP contribution in [0.3, 0.4) is 0 Å². The van der Waals surface area contributed by atoms with E-state index < -0.39 is 0 Å². The van der Waals surface area contributed by atoms with E-state index in [1.54, 1.807) is 0 Å². The molecular weight excluding hydrogens is 248 g/mol. The molecule has 6 atom stereocenters. The molecule has 1 fully saturated rings. The SMILES string of the molecule is C=C(C)[C@@H]1CC(C#N)C(C)C(NCC(C)CC(C)O)C1. The minimum Gasteiger partial charge on any atom is -0.393 e. The van der Waals surface area contributed by atoms with E-state index in [0.29, 0.717) is 23.8 Å². The van der Waals surface area contributed by atoms with Crippen molar-refractivity contribution in [3.8, 4) is 6.07 Å². The summed E-state index contributed by atoms with van der Waals surface area (Å²) < 4.78 is 0. The maximum absolute atomic E-state index is 9.42. The van der Waals surface area contributed by atoms with Crippen LogP contribution in [0.2, 0.25) is 0 Å². The van der Waals surface area contributed by atoms with Crippen molar-refractivity contribution in [2.75, 3.05) is 6.54 Å². The second-order valence-electron chi connectivity index (χ2n) is 6.81. The van der Waals surface area contributed by atoms with E-state index >= 15 is 0 Å². The first kappa shape index (κ1) is 17.2. The maximum atomic E-state index is 9.42. The summed E-state index contributed by atoms with van der Waals surface area (Å²) in [7, 11) is 0. The number of nitrogens with one attached hydrogen (secondary N) is 1. The molecule has 1 rings (SSSR count). The van der Waals surface area contributed by atoms with Gasteiger partial charge in [0.25, 0.3) is 0 Å². The lowest BCUT2D eigenvalue weighted by Gasteiger charge is -2.39. The Labute approximate surface area is 124 Å². The van der Waals surface area contributed by atoms with Crippen LogP contribution in [0.15, 0.2) is 12.2 Å². The van der Waals surface area contributed by atoms with Gasteiger partial charge < -0.3 is 10.4 Å². The fourth-order valence-corrected chi connectivity index (χ4v) is 3.28. The largest absolute Gasteiger partial charge is 0.393 e. The minimum absolute atomic E-state index is 0.120. The summed E-state index contributed by atoms with van der Waals surface area (Å²) in [5.74, 6) is 1.41. The Kier molecular flexibility index (Phi) is 6.71. The number of hydrogen-bond acceptors (Lipinski definition) is 3. The summed E-state index contributed by atoms with van der Waals surface area (Å²) >= 11 is 0. The fraction of sp³-hybridized carbons (Fsp3) is 0.824. The average molecular weight is 278 g/mol. The zero-order valence-corrected chi connectivity index (χ0v) is 13.4. The lowest BCUT2D eigenvalue weighted by Crippen LogP contribution is -2.45. The Balaban J connectivity index is 2.57. The molecule has 1 aliphatic rings. The van der Waals surface area contributed by atoms with Crippen LogP contribution in [-0.4, -0.2) is 23.8 Å². The highest BCUT2D eigenvalue weighted by atomic mass is 16.3. The van der Waals surface area contributed by atoms with E-state index in [1.807, 2.05) is 6.92 Å². The van der Waals surface area contributed by atoms with Crippen LogP contribution in [-0.2, 0) is 0 Å². The summed E-state index contributed by atoms with van der Waals surface area (Å²) in [6.07, 6.45) is 2.61. The molecule has 0 aliphatic heterocycles. The first-order valence-electron chi connectivity index (χ1n) is 7.81. The molecule has 0 saturated heterocycles. The number of aliphatic hydroxyl groups is 1. The molecule has 3 heteroatoms. The van der Waals surface area contributed by atoms with Gasteiger partial charge in [-0.05, 0) is 57.4 Å². The van der Waals surface area contributed by atoms with Crippen molar-refractivity contribution >= 4 is 0 Å². The molecule has 0 aromatic carbocycles. The lowest BCUT2D eigenvalue weighted by molar-refractivity contribution is 0.152. The minimum atomic E-state index is -0.245. The van der Waals surface area contributed by atoms with Crippen molar-refractivity contribution in [1.29, 1.82) is 5.26 Å². The van der Waals surface area contributed by atoms with E-state index in [9.17, 15) is 10.4 Å². The van der Waals surface area contributed by atoms with E-state index in [-0.39, 0.29) is 12.0 Å². The monoisotopic (exact) mass is 278 g/mol. The number of hydrogen-bond donors (Lipinski definition) is 2. The second kappa shape index (κ2) is 7.81. The van der Waals surface area contributed by atoms with Crippen molar-refractivity contribution in [1.82, 2.24) is 5.32 Å². The number of allylic oxidation sites excluding steroid dienone is 1. The van der Waals surface area contributed by atoms with Gasteiger partial charge in [0.15, 0.2) is 0 Å². The molecule has 20 heavy (non-hydrogen) atoms. The van der Waals surface area contributed by atoms with Crippen LogP contribution in [0.4, 0.5) is 0 Å². The molecule has 5 unspecified atom stereocenters. The van der Waals surface area contributed by atoms with Crippen molar-refractivity contribution < 1.29 is 5.11 Å². The molecule has 0 aromatic heterocycles. The van der Waals surface area contributed by atoms with E-state index in [2.05, 4.69) is 38.7 Å². The molecule has 3 nitrogen and oxygen atoms in total. The van der Waals surface area contributed by atoms with Crippen molar-refractivity contribution in [2.24, 2.45) is 23.7 Å². The fourth-order valence-electron chi connectivity index (χ4n) is 3.28. The van der Waals surface area contributed by atoms with E-state index in [0.717, 1.165) is 25.8 Å². The van der Waals surface area contributed by atoms with Gasteiger partial charge in [-0.2, -0.15) is 5.26 Å². The summed E-state index contributed by atoms with van der Waals surface area (Å²) in [6, 6.07) is 2.85. The zero-order valence-electron chi connectivity index (χ0n) is 13.4. The van der Waals surface area contributed by atoms with Gasteiger partial charge >= 0.3 is 0 Å². The van der Waals surface area contributed by atoms with E-state index in [4.69, 9.17) is 0 Å². The van der Waals surface area contributed by atoms with Crippen molar-refractivity contribution in [2.45, 2.75) is 59.1 Å². The summed E-state index contributed by atoms with van der Waals surface area (Å²) in [5, 5.41) is 22.4. The highest BCUT2D eigenvalue weighted by Gasteiger charge is 2.35. The number of rotatable bonds is 6. The molecule has 0 bridgehead atoms. The van der Waals surface area contributed by atoms with Gasteiger partial charge in [-0.3, -0.25) is 0 Å². The molecule has 0 spiro atoms. The second-order valence-corrected chi connectivity index (χ2v) is 6.81. The first-order valence-corrected chi connectivity index (χ1v) is 7.81. The highest BCUT2D eigenvalue weighted by Crippen LogP contribution is 2.36. The average Bonchev–Trinajstić information content (AvgIpc) is 2.36. The Morgan fingerprint density at radius 3 is 2.60 bits per heavy atom. The van der Waals surface area contributed by atoms with Gasteiger partial charge in [0, 0.05) is 6.04 Å². The van der Waals surface area contributed by atoms with Gasteiger partial charge in [-0.1, -0.05) is 26.0 Å². The van der Waals surface area contributed by atoms with Crippen molar-refractivity contribution in [3.63, 3.8) is 0 Å². The third kappa shape index (κ3) is 4.92. The zero-order chi connectivity index (χ0) is 15.3.